The molecule has 0 saturated heterocycles. The fourth-order valence-corrected chi connectivity index (χ4v) is 2.52. The van der Waals surface area contributed by atoms with Gasteiger partial charge in [0, 0.05) is 13.0 Å². The van der Waals surface area contributed by atoms with E-state index in [9.17, 15) is 4.79 Å². The second-order valence-electron chi connectivity index (χ2n) is 5.70. The summed E-state index contributed by atoms with van der Waals surface area (Å²) in [6.07, 6.45) is 1.59. The number of nitrogens with one attached hydrogen (secondary N) is 3. The van der Waals surface area contributed by atoms with Gasteiger partial charge in [0.15, 0.2) is 5.69 Å². The van der Waals surface area contributed by atoms with Gasteiger partial charge in [-0.25, -0.2) is 4.98 Å². The predicted octanol–water partition coefficient (Wildman–Crippen LogP) is 1.97. The Morgan fingerprint density at radius 2 is 2.04 bits per heavy atom. The Bertz CT molecular complexity index is 847. The van der Waals surface area contributed by atoms with Crippen LogP contribution in [0.2, 0.25) is 0 Å². The van der Waals surface area contributed by atoms with Crippen LogP contribution < -0.4 is 5.32 Å². The molecule has 0 radical (unpaired) electrons. The maximum atomic E-state index is 11.9. The molecule has 2 aromatic heterocycles. The number of carbonyl (C=O) groups excluding carboxylic acids is 1. The number of nitrogens with zero attached hydrogens (tertiary/aromatic N) is 3. The van der Waals surface area contributed by atoms with Gasteiger partial charge in [-0.2, -0.15) is 15.4 Å². The van der Waals surface area contributed by atoms with E-state index in [1.807, 2.05) is 0 Å². The molecule has 7 heteroatoms. The standard InChI is InChI=1S/C16H20N6O/c1-9-6-7-12-14(10(9)2)19-13(18-12)5-4-8-17-16(23)15-11(3)20-22-21-15/h6-7H,4-5,8H2,1-3H3,(H,17,23)(H,18,19)(H,20,21,22). The highest BCUT2D eigenvalue weighted by Gasteiger charge is 2.12. The summed E-state index contributed by atoms with van der Waals surface area (Å²) in [5.41, 5.74) is 5.49. The van der Waals surface area contributed by atoms with Crippen molar-refractivity contribution in [2.75, 3.05) is 6.54 Å². The van der Waals surface area contributed by atoms with Gasteiger partial charge in [0.25, 0.3) is 5.91 Å². The van der Waals surface area contributed by atoms with Crippen molar-refractivity contribution < 1.29 is 4.79 Å². The smallest absolute Gasteiger partial charge is 0.273 e. The van der Waals surface area contributed by atoms with Gasteiger partial charge in [0.1, 0.15) is 5.82 Å². The zero-order chi connectivity index (χ0) is 16.4. The average Bonchev–Trinajstić information content (AvgIpc) is 3.14. The molecule has 0 fully saturated rings. The fraction of sp³-hybridized carbons (Fsp3) is 0.375. The Labute approximate surface area is 133 Å². The SMILES string of the molecule is Cc1ccc2[nH]c(CCCNC(=O)c3n[nH]nc3C)nc2c1C. The molecule has 0 aliphatic carbocycles. The van der Waals surface area contributed by atoms with Crippen molar-refractivity contribution >= 4 is 16.9 Å². The summed E-state index contributed by atoms with van der Waals surface area (Å²) in [6, 6.07) is 4.16. The van der Waals surface area contributed by atoms with Crippen LogP contribution in [0.15, 0.2) is 12.1 Å². The zero-order valence-corrected chi connectivity index (χ0v) is 13.5. The summed E-state index contributed by atoms with van der Waals surface area (Å²) in [5.74, 6) is 0.743. The zero-order valence-electron chi connectivity index (χ0n) is 13.5. The Balaban J connectivity index is 1.56. The number of aryl methyl sites for hydroxylation is 4. The van der Waals surface area contributed by atoms with Crippen LogP contribution in [-0.4, -0.2) is 37.8 Å². The maximum absolute atomic E-state index is 11.9. The number of hydrogen-bond donors (Lipinski definition) is 3. The fourth-order valence-electron chi connectivity index (χ4n) is 2.52. The Kier molecular flexibility index (Phi) is 4.10. The monoisotopic (exact) mass is 312 g/mol. The largest absolute Gasteiger partial charge is 0.351 e. The van der Waals surface area contributed by atoms with Crippen LogP contribution >= 0.6 is 0 Å². The summed E-state index contributed by atoms with van der Waals surface area (Å²) >= 11 is 0. The average molecular weight is 312 g/mol. The molecule has 0 bridgehead atoms. The highest BCUT2D eigenvalue weighted by atomic mass is 16.2. The molecule has 7 nitrogen and oxygen atoms in total. The molecule has 23 heavy (non-hydrogen) atoms. The minimum Gasteiger partial charge on any atom is -0.351 e. The molecule has 0 aliphatic rings. The molecule has 120 valence electrons. The molecular weight excluding hydrogens is 292 g/mol. The lowest BCUT2D eigenvalue weighted by atomic mass is 10.1. The minimum absolute atomic E-state index is 0.202. The number of amides is 1. The van der Waals surface area contributed by atoms with Crippen LogP contribution in [0, 0.1) is 20.8 Å². The first-order chi connectivity index (χ1) is 11.1. The molecule has 0 unspecified atom stereocenters. The molecule has 3 N–H and O–H groups in total. The van der Waals surface area contributed by atoms with Gasteiger partial charge < -0.3 is 10.3 Å². The number of carbonyl (C=O) groups is 1. The first-order valence-corrected chi connectivity index (χ1v) is 7.66. The number of aromatic nitrogens is 5. The topological polar surface area (TPSA) is 99.3 Å². The highest BCUT2D eigenvalue weighted by molar-refractivity contribution is 5.93. The van der Waals surface area contributed by atoms with E-state index in [4.69, 9.17) is 0 Å². The Morgan fingerprint density at radius 1 is 1.22 bits per heavy atom. The van der Waals surface area contributed by atoms with Crippen LogP contribution in [0.5, 0.6) is 0 Å². The summed E-state index contributed by atoms with van der Waals surface area (Å²) in [7, 11) is 0. The third-order valence-electron chi connectivity index (χ3n) is 4.04. The van der Waals surface area contributed by atoms with Crippen LogP contribution in [-0.2, 0) is 6.42 Å². The number of aromatic amines is 2. The lowest BCUT2D eigenvalue weighted by Crippen LogP contribution is -2.25. The van der Waals surface area contributed by atoms with Gasteiger partial charge in [-0.05, 0) is 44.4 Å². The van der Waals surface area contributed by atoms with Gasteiger partial charge in [-0.3, -0.25) is 4.79 Å². The molecule has 1 amide bonds. The van der Waals surface area contributed by atoms with Crippen molar-refractivity contribution in [3.05, 3.63) is 40.5 Å². The molecule has 0 atom stereocenters. The summed E-state index contributed by atoms with van der Waals surface area (Å²) in [5, 5.41) is 13.0. The first-order valence-electron chi connectivity index (χ1n) is 7.66. The second-order valence-corrected chi connectivity index (χ2v) is 5.70. The van der Waals surface area contributed by atoms with Gasteiger partial charge in [0.05, 0.1) is 16.7 Å². The number of imidazole rings is 1. The van der Waals surface area contributed by atoms with E-state index in [2.05, 4.69) is 56.7 Å². The minimum atomic E-state index is -0.202. The van der Waals surface area contributed by atoms with E-state index >= 15 is 0 Å². The number of benzene rings is 1. The Morgan fingerprint density at radius 3 is 2.78 bits per heavy atom. The number of rotatable bonds is 5. The van der Waals surface area contributed by atoms with Crippen molar-refractivity contribution in [2.24, 2.45) is 0 Å². The van der Waals surface area contributed by atoms with E-state index < -0.39 is 0 Å². The van der Waals surface area contributed by atoms with E-state index in [1.165, 1.54) is 11.1 Å². The van der Waals surface area contributed by atoms with Crippen molar-refractivity contribution in [2.45, 2.75) is 33.6 Å². The molecule has 1 aromatic carbocycles. The number of fused-ring (bicyclic) bond motifs is 1. The molecule has 3 aromatic rings. The van der Waals surface area contributed by atoms with E-state index in [0.717, 1.165) is 29.7 Å². The van der Waals surface area contributed by atoms with Gasteiger partial charge in [-0.1, -0.05) is 6.07 Å². The van der Waals surface area contributed by atoms with Gasteiger partial charge in [-0.15, -0.1) is 0 Å². The lowest BCUT2D eigenvalue weighted by Gasteiger charge is -2.02. The molecule has 0 spiro atoms. The van der Waals surface area contributed by atoms with Crippen molar-refractivity contribution in [3.63, 3.8) is 0 Å². The van der Waals surface area contributed by atoms with Gasteiger partial charge >= 0.3 is 0 Å². The molecule has 0 saturated carbocycles. The maximum Gasteiger partial charge on any atom is 0.273 e. The van der Waals surface area contributed by atoms with E-state index in [-0.39, 0.29) is 5.91 Å². The van der Waals surface area contributed by atoms with Crippen LogP contribution in [0.4, 0.5) is 0 Å². The number of H-pyrrole nitrogens is 2. The van der Waals surface area contributed by atoms with E-state index in [1.54, 1.807) is 6.92 Å². The summed E-state index contributed by atoms with van der Waals surface area (Å²) in [4.78, 5) is 19.9. The molecule has 3 rings (SSSR count). The molecule has 2 heterocycles. The molecular formula is C16H20N6O. The first kappa shape index (κ1) is 15.2. The lowest BCUT2D eigenvalue weighted by molar-refractivity contribution is 0.0947. The summed E-state index contributed by atoms with van der Waals surface area (Å²) in [6.45, 7) is 6.49. The van der Waals surface area contributed by atoms with E-state index in [0.29, 0.717) is 17.9 Å². The summed E-state index contributed by atoms with van der Waals surface area (Å²) < 4.78 is 0. The van der Waals surface area contributed by atoms with Crippen molar-refractivity contribution in [1.29, 1.82) is 0 Å². The number of hydrogen-bond acceptors (Lipinski definition) is 4. The quantitative estimate of drug-likeness (QED) is 0.627. The Hall–Kier alpha value is -2.70. The van der Waals surface area contributed by atoms with Crippen molar-refractivity contribution in [3.8, 4) is 0 Å². The van der Waals surface area contributed by atoms with Crippen LogP contribution in [0.3, 0.4) is 0 Å². The predicted molar refractivity (Wildman–Crippen MR) is 87.3 cm³/mol. The van der Waals surface area contributed by atoms with Gasteiger partial charge in [0.2, 0.25) is 0 Å². The van der Waals surface area contributed by atoms with Crippen LogP contribution in [0.25, 0.3) is 11.0 Å². The van der Waals surface area contributed by atoms with Crippen molar-refractivity contribution in [1.82, 2.24) is 30.7 Å². The highest BCUT2D eigenvalue weighted by Crippen LogP contribution is 2.19. The third-order valence-corrected chi connectivity index (χ3v) is 4.04. The second kappa shape index (κ2) is 6.20. The van der Waals surface area contributed by atoms with Crippen LogP contribution in [0.1, 0.15) is 39.6 Å². The third kappa shape index (κ3) is 3.08. The normalized spacial score (nSPS) is 11.1. The molecule has 0 aliphatic heterocycles.